The fourth-order valence-corrected chi connectivity index (χ4v) is 2.64. The topological polar surface area (TPSA) is 60.9 Å². The number of hydrogen-bond donors (Lipinski definition) is 0. The van der Waals surface area contributed by atoms with Gasteiger partial charge in [-0.1, -0.05) is 45.0 Å². The van der Waals surface area contributed by atoms with Gasteiger partial charge in [0.2, 0.25) is 0 Å². The van der Waals surface area contributed by atoms with Gasteiger partial charge in [-0.25, -0.2) is 4.68 Å². The molecule has 6 heteroatoms. The van der Waals surface area contributed by atoms with Gasteiger partial charge < -0.3 is 0 Å². The van der Waals surface area contributed by atoms with Gasteiger partial charge in [-0.15, -0.1) is 10.2 Å². The van der Waals surface area contributed by atoms with Crippen LogP contribution in [0.2, 0.25) is 0 Å². The summed E-state index contributed by atoms with van der Waals surface area (Å²) in [6, 6.07) is 10.4. The van der Waals surface area contributed by atoms with Crippen molar-refractivity contribution >= 4 is 6.21 Å². The summed E-state index contributed by atoms with van der Waals surface area (Å²) in [5, 5.41) is 17.4. The molecule has 0 aliphatic carbocycles. The molecule has 0 saturated heterocycles. The molecule has 130 valence electrons. The summed E-state index contributed by atoms with van der Waals surface area (Å²) in [4.78, 5) is 0. The Hall–Kier alpha value is -2.76. The molecule has 0 bridgehead atoms. The first kappa shape index (κ1) is 17.1. The van der Waals surface area contributed by atoms with E-state index in [0.29, 0.717) is 11.8 Å². The summed E-state index contributed by atoms with van der Waals surface area (Å²) in [7, 11) is 0. The Morgan fingerprint density at radius 3 is 2.24 bits per heavy atom. The molecule has 0 aliphatic rings. The lowest BCUT2D eigenvalue weighted by molar-refractivity contribution is 0.590. The van der Waals surface area contributed by atoms with Crippen LogP contribution >= 0.6 is 0 Å². The van der Waals surface area contributed by atoms with Crippen LogP contribution in [0, 0.1) is 20.8 Å². The van der Waals surface area contributed by atoms with Gasteiger partial charge in [0.1, 0.15) is 0 Å². The third-order valence-electron chi connectivity index (χ3n) is 4.08. The van der Waals surface area contributed by atoms with E-state index in [1.54, 1.807) is 9.36 Å². The second-order valence-electron chi connectivity index (χ2n) is 7.31. The molecule has 2 heterocycles. The third-order valence-corrected chi connectivity index (χ3v) is 4.08. The first-order valence-electron chi connectivity index (χ1n) is 8.36. The highest BCUT2D eigenvalue weighted by Gasteiger charge is 2.14. The molecule has 0 fully saturated rings. The Morgan fingerprint density at radius 1 is 1.00 bits per heavy atom. The number of nitrogens with zero attached hydrogens (tertiary/aromatic N) is 6. The first-order valence-corrected chi connectivity index (χ1v) is 8.36. The largest absolute Gasteiger partial charge is 0.273 e. The number of hydrogen-bond acceptors (Lipinski definition) is 4. The Kier molecular flexibility index (Phi) is 4.29. The van der Waals surface area contributed by atoms with Crippen LogP contribution in [0.25, 0.3) is 5.95 Å². The number of rotatable bonds is 3. The van der Waals surface area contributed by atoms with Crippen LogP contribution < -0.4 is 0 Å². The van der Waals surface area contributed by atoms with Crippen LogP contribution in [0.4, 0.5) is 0 Å². The van der Waals surface area contributed by atoms with E-state index in [2.05, 4.69) is 65.4 Å². The van der Waals surface area contributed by atoms with Crippen molar-refractivity contribution < 1.29 is 0 Å². The van der Waals surface area contributed by atoms with Gasteiger partial charge in [0, 0.05) is 5.69 Å². The van der Waals surface area contributed by atoms with Crippen LogP contribution in [0.1, 0.15) is 49.1 Å². The predicted molar refractivity (Wildman–Crippen MR) is 99.5 cm³/mol. The highest BCUT2D eigenvalue weighted by atomic mass is 15.5. The van der Waals surface area contributed by atoms with Crippen LogP contribution in [0.5, 0.6) is 0 Å². The first-order chi connectivity index (χ1) is 11.8. The minimum absolute atomic E-state index is 0.142. The van der Waals surface area contributed by atoms with Gasteiger partial charge in [0.05, 0.1) is 11.9 Å². The Labute approximate surface area is 148 Å². The zero-order valence-electron chi connectivity index (χ0n) is 15.6. The van der Waals surface area contributed by atoms with Crippen LogP contribution in [0.3, 0.4) is 0 Å². The van der Waals surface area contributed by atoms with Crippen LogP contribution in [0.15, 0.2) is 35.4 Å². The molecular formula is C19H24N6. The monoisotopic (exact) mass is 336 g/mol. The number of aryl methyl sites for hydroxylation is 3. The van der Waals surface area contributed by atoms with Gasteiger partial charge in [-0.3, -0.25) is 0 Å². The molecule has 3 aromatic rings. The minimum Gasteiger partial charge on any atom is -0.202 e. The van der Waals surface area contributed by atoms with Gasteiger partial charge in [0.25, 0.3) is 5.95 Å². The Balaban J connectivity index is 1.92. The summed E-state index contributed by atoms with van der Waals surface area (Å²) in [5.41, 5.74) is 4.40. The third kappa shape index (κ3) is 3.52. The number of aromatic nitrogens is 5. The fourth-order valence-electron chi connectivity index (χ4n) is 2.64. The number of benzene rings is 1. The lowest BCUT2D eigenvalue weighted by Gasteiger charge is -2.18. The lowest BCUT2D eigenvalue weighted by Crippen LogP contribution is -2.10. The van der Waals surface area contributed by atoms with Crippen LogP contribution in [-0.2, 0) is 5.41 Å². The maximum atomic E-state index is 4.56. The predicted octanol–water partition coefficient (Wildman–Crippen LogP) is 3.57. The van der Waals surface area contributed by atoms with Crippen molar-refractivity contribution in [3.63, 3.8) is 0 Å². The average molecular weight is 336 g/mol. The van der Waals surface area contributed by atoms with E-state index in [9.17, 15) is 0 Å². The zero-order chi connectivity index (χ0) is 18.2. The van der Waals surface area contributed by atoms with E-state index in [1.807, 2.05) is 33.1 Å². The normalized spacial score (nSPS) is 12.2. The van der Waals surface area contributed by atoms with Crippen molar-refractivity contribution in [3.05, 3.63) is 58.7 Å². The molecule has 25 heavy (non-hydrogen) atoms. The minimum atomic E-state index is 0.142. The average Bonchev–Trinajstić information content (AvgIpc) is 3.06. The molecule has 0 N–H and O–H groups in total. The van der Waals surface area contributed by atoms with Crippen molar-refractivity contribution in [2.45, 2.75) is 47.0 Å². The molecule has 3 rings (SSSR count). The van der Waals surface area contributed by atoms with Gasteiger partial charge in [-0.2, -0.15) is 14.9 Å². The second-order valence-corrected chi connectivity index (χ2v) is 7.31. The molecular weight excluding hydrogens is 312 g/mol. The summed E-state index contributed by atoms with van der Waals surface area (Å²) >= 11 is 0. The van der Waals surface area contributed by atoms with Crippen molar-refractivity contribution in [3.8, 4) is 5.95 Å². The summed E-state index contributed by atoms with van der Waals surface area (Å²) < 4.78 is 3.46. The standard InChI is InChI=1S/C19H24N6/c1-13-11-14(2)24(23-13)18-22-21-15(3)25(18)20-12-16-7-9-17(10-8-16)19(4,5)6/h7-12H,1-6H3/b20-12-. The quantitative estimate of drug-likeness (QED) is 0.687. The molecule has 6 nitrogen and oxygen atoms in total. The smallest absolute Gasteiger partial charge is 0.202 e. The Bertz CT molecular complexity index is 907. The molecule has 2 aromatic heterocycles. The lowest BCUT2D eigenvalue weighted by atomic mass is 9.87. The zero-order valence-corrected chi connectivity index (χ0v) is 15.6. The highest BCUT2D eigenvalue weighted by Crippen LogP contribution is 2.21. The molecule has 0 atom stereocenters. The maximum absolute atomic E-state index is 4.56. The molecule has 0 amide bonds. The Morgan fingerprint density at radius 2 is 1.68 bits per heavy atom. The SMILES string of the molecule is Cc1cc(C)n(-c2nnc(C)n2/N=C\c2ccc(C(C)(C)C)cc2)n1. The maximum Gasteiger partial charge on any atom is 0.273 e. The van der Waals surface area contributed by atoms with E-state index in [0.717, 1.165) is 17.0 Å². The molecule has 0 saturated carbocycles. The van der Waals surface area contributed by atoms with Crippen molar-refractivity contribution in [1.82, 2.24) is 24.7 Å². The van der Waals surface area contributed by atoms with E-state index in [4.69, 9.17) is 0 Å². The summed E-state index contributed by atoms with van der Waals surface area (Å²) in [6.07, 6.45) is 1.82. The molecule has 0 aliphatic heterocycles. The van der Waals surface area contributed by atoms with Gasteiger partial charge in [-0.05, 0) is 43.4 Å². The van der Waals surface area contributed by atoms with E-state index >= 15 is 0 Å². The van der Waals surface area contributed by atoms with Gasteiger partial charge in [0.15, 0.2) is 5.82 Å². The molecule has 1 aromatic carbocycles. The van der Waals surface area contributed by atoms with Crippen molar-refractivity contribution in [1.29, 1.82) is 0 Å². The van der Waals surface area contributed by atoms with Gasteiger partial charge >= 0.3 is 0 Å². The highest BCUT2D eigenvalue weighted by molar-refractivity contribution is 5.79. The van der Waals surface area contributed by atoms with Crippen molar-refractivity contribution in [2.24, 2.45) is 5.10 Å². The molecule has 0 spiro atoms. The summed E-state index contributed by atoms with van der Waals surface area (Å²) in [5.74, 6) is 1.30. The molecule has 0 unspecified atom stereocenters. The van der Waals surface area contributed by atoms with E-state index in [1.165, 1.54) is 5.56 Å². The summed E-state index contributed by atoms with van der Waals surface area (Å²) in [6.45, 7) is 12.4. The van der Waals surface area contributed by atoms with E-state index < -0.39 is 0 Å². The van der Waals surface area contributed by atoms with Crippen LogP contribution in [-0.4, -0.2) is 30.9 Å². The second kappa shape index (κ2) is 6.27. The molecule has 0 radical (unpaired) electrons. The fraction of sp³-hybridized carbons (Fsp3) is 0.368. The van der Waals surface area contributed by atoms with E-state index in [-0.39, 0.29) is 5.41 Å². The van der Waals surface area contributed by atoms with Crippen molar-refractivity contribution in [2.75, 3.05) is 0 Å².